The van der Waals surface area contributed by atoms with Gasteiger partial charge in [0, 0.05) is 11.1 Å². The average molecular weight is 392 g/mol. The first kappa shape index (κ1) is 20.5. The molecule has 0 aliphatic heterocycles. The topological polar surface area (TPSA) is 64.6 Å². The number of anilines is 1. The molecule has 2 aromatic carbocycles. The Hall–Kier alpha value is -2.86. The Kier molecular flexibility index (Phi) is 7.37. The van der Waals surface area contributed by atoms with Gasteiger partial charge in [0.05, 0.1) is 12.3 Å². The number of halogens is 2. The monoisotopic (exact) mass is 391 g/mol. The molecule has 0 saturated carbocycles. The van der Waals surface area contributed by atoms with Crippen LogP contribution in [0.25, 0.3) is 6.08 Å². The SMILES string of the molecule is CCOc1ccc(/C=C/C(=O)O[C@H](C)C(=O)Nc2ccc(Cl)cc2F)cc1. The van der Waals surface area contributed by atoms with E-state index in [0.717, 1.165) is 17.4 Å². The number of hydrogen-bond acceptors (Lipinski definition) is 4. The minimum atomic E-state index is -1.10. The number of hydrogen-bond donors (Lipinski definition) is 1. The molecule has 27 heavy (non-hydrogen) atoms. The number of carbonyl (C=O) groups is 2. The molecule has 0 spiro atoms. The van der Waals surface area contributed by atoms with Gasteiger partial charge in [-0.3, -0.25) is 4.79 Å². The van der Waals surface area contributed by atoms with Crippen LogP contribution in [0.1, 0.15) is 19.4 Å². The molecule has 0 aliphatic carbocycles. The van der Waals surface area contributed by atoms with Crippen LogP contribution in [0.3, 0.4) is 0 Å². The maximum absolute atomic E-state index is 13.7. The van der Waals surface area contributed by atoms with Gasteiger partial charge in [-0.05, 0) is 55.8 Å². The molecule has 0 aromatic heterocycles. The molecule has 0 heterocycles. The number of benzene rings is 2. The van der Waals surface area contributed by atoms with E-state index in [2.05, 4.69) is 5.32 Å². The smallest absolute Gasteiger partial charge is 0.331 e. The van der Waals surface area contributed by atoms with Crippen LogP contribution in [-0.4, -0.2) is 24.6 Å². The lowest BCUT2D eigenvalue weighted by molar-refractivity contribution is -0.148. The number of ether oxygens (including phenoxy) is 2. The van der Waals surface area contributed by atoms with Crippen LogP contribution in [0.15, 0.2) is 48.5 Å². The van der Waals surface area contributed by atoms with E-state index in [1.165, 1.54) is 25.1 Å². The molecule has 0 bridgehead atoms. The molecule has 0 radical (unpaired) electrons. The van der Waals surface area contributed by atoms with Crippen LogP contribution in [0.2, 0.25) is 5.02 Å². The molecule has 1 atom stereocenters. The summed E-state index contributed by atoms with van der Waals surface area (Å²) in [5.74, 6) is -1.29. The van der Waals surface area contributed by atoms with Crippen molar-refractivity contribution in [1.82, 2.24) is 0 Å². The van der Waals surface area contributed by atoms with E-state index in [4.69, 9.17) is 21.1 Å². The Morgan fingerprint density at radius 1 is 1.22 bits per heavy atom. The predicted molar refractivity (Wildman–Crippen MR) is 102 cm³/mol. The molecule has 1 amide bonds. The number of rotatable bonds is 7. The quantitative estimate of drug-likeness (QED) is 0.559. The standard InChI is InChI=1S/C20H19ClFNO4/c1-3-26-16-8-4-14(5-9-16)6-11-19(24)27-13(2)20(25)23-18-10-7-15(21)12-17(18)22/h4-13H,3H2,1-2H3,(H,23,25)/b11-6+/t13-/m1/s1. The van der Waals surface area contributed by atoms with Crippen LogP contribution >= 0.6 is 11.6 Å². The summed E-state index contributed by atoms with van der Waals surface area (Å²) < 4.78 is 24.1. The maximum atomic E-state index is 13.7. The van der Waals surface area contributed by atoms with Gasteiger partial charge in [0.15, 0.2) is 6.10 Å². The van der Waals surface area contributed by atoms with Gasteiger partial charge < -0.3 is 14.8 Å². The lowest BCUT2D eigenvalue weighted by Crippen LogP contribution is -2.29. The molecule has 0 fully saturated rings. The van der Waals surface area contributed by atoms with Crippen LogP contribution in [-0.2, 0) is 14.3 Å². The molecular formula is C20H19ClFNO4. The minimum Gasteiger partial charge on any atom is -0.494 e. The first-order chi connectivity index (χ1) is 12.9. The highest BCUT2D eigenvalue weighted by molar-refractivity contribution is 6.30. The third-order valence-electron chi connectivity index (χ3n) is 3.45. The van der Waals surface area contributed by atoms with Crippen LogP contribution in [0, 0.1) is 5.82 Å². The van der Waals surface area contributed by atoms with Crippen molar-refractivity contribution < 1.29 is 23.5 Å². The minimum absolute atomic E-state index is 0.0442. The molecule has 0 saturated heterocycles. The average Bonchev–Trinajstić information content (AvgIpc) is 2.63. The second kappa shape index (κ2) is 9.73. The Morgan fingerprint density at radius 2 is 1.93 bits per heavy atom. The molecule has 1 N–H and O–H groups in total. The van der Waals surface area contributed by atoms with E-state index in [1.807, 2.05) is 6.92 Å². The zero-order chi connectivity index (χ0) is 19.8. The van der Waals surface area contributed by atoms with Crippen LogP contribution in [0.5, 0.6) is 5.75 Å². The lowest BCUT2D eigenvalue weighted by atomic mass is 10.2. The van der Waals surface area contributed by atoms with Gasteiger partial charge in [-0.15, -0.1) is 0 Å². The Labute approximate surface area is 161 Å². The highest BCUT2D eigenvalue weighted by Crippen LogP contribution is 2.19. The molecule has 142 valence electrons. The second-order valence-corrected chi connectivity index (χ2v) is 5.96. The zero-order valence-corrected chi connectivity index (χ0v) is 15.6. The number of amides is 1. The summed E-state index contributed by atoms with van der Waals surface area (Å²) in [5.41, 5.74) is 0.730. The van der Waals surface area contributed by atoms with E-state index >= 15 is 0 Å². The van der Waals surface area contributed by atoms with E-state index in [0.29, 0.717) is 6.61 Å². The van der Waals surface area contributed by atoms with Crippen LogP contribution < -0.4 is 10.1 Å². The van der Waals surface area contributed by atoms with Gasteiger partial charge >= 0.3 is 5.97 Å². The number of carbonyl (C=O) groups excluding carboxylic acids is 2. The maximum Gasteiger partial charge on any atom is 0.331 e. The van der Waals surface area contributed by atoms with E-state index < -0.39 is 23.8 Å². The fourth-order valence-electron chi connectivity index (χ4n) is 2.10. The van der Waals surface area contributed by atoms with Gasteiger partial charge in [0.1, 0.15) is 11.6 Å². The van der Waals surface area contributed by atoms with E-state index in [1.54, 1.807) is 30.3 Å². The third kappa shape index (κ3) is 6.42. The van der Waals surface area contributed by atoms with Gasteiger partial charge in [-0.1, -0.05) is 23.7 Å². The molecule has 0 unspecified atom stereocenters. The fourth-order valence-corrected chi connectivity index (χ4v) is 2.26. The summed E-state index contributed by atoms with van der Waals surface area (Å²) in [5, 5.41) is 2.56. The Bertz CT molecular complexity index is 836. The van der Waals surface area contributed by atoms with Gasteiger partial charge in [0.25, 0.3) is 5.91 Å². The Balaban J connectivity index is 1.89. The van der Waals surface area contributed by atoms with Crippen molar-refractivity contribution in [3.8, 4) is 5.75 Å². The molecule has 0 aliphatic rings. The Morgan fingerprint density at radius 3 is 2.56 bits per heavy atom. The van der Waals surface area contributed by atoms with Gasteiger partial charge in [0.2, 0.25) is 0 Å². The summed E-state index contributed by atoms with van der Waals surface area (Å²) in [6, 6.07) is 11.0. The largest absolute Gasteiger partial charge is 0.494 e. The highest BCUT2D eigenvalue weighted by Gasteiger charge is 2.18. The van der Waals surface area contributed by atoms with Crippen molar-refractivity contribution in [1.29, 1.82) is 0 Å². The lowest BCUT2D eigenvalue weighted by Gasteiger charge is -2.13. The molecule has 7 heteroatoms. The fraction of sp³-hybridized carbons (Fsp3) is 0.200. The molecule has 5 nitrogen and oxygen atoms in total. The van der Waals surface area contributed by atoms with E-state index in [9.17, 15) is 14.0 Å². The first-order valence-electron chi connectivity index (χ1n) is 8.26. The second-order valence-electron chi connectivity index (χ2n) is 5.53. The summed E-state index contributed by atoms with van der Waals surface area (Å²) in [4.78, 5) is 23.9. The highest BCUT2D eigenvalue weighted by atomic mass is 35.5. The van der Waals surface area contributed by atoms with E-state index in [-0.39, 0.29) is 10.7 Å². The zero-order valence-electron chi connectivity index (χ0n) is 14.9. The van der Waals surface area contributed by atoms with Gasteiger partial charge in [-0.2, -0.15) is 0 Å². The molecule has 2 aromatic rings. The van der Waals surface area contributed by atoms with Crippen molar-refractivity contribution in [2.75, 3.05) is 11.9 Å². The first-order valence-corrected chi connectivity index (χ1v) is 8.64. The van der Waals surface area contributed by atoms with Crippen molar-refractivity contribution in [3.63, 3.8) is 0 Å². The van der Waals surface area contributed by atoms with Crippen molar-refractivity contribution in [3.05, 3.63) is 64.9 Å². The van der Waals surface area contributed by atoms with Crippen molar-refractivity contribution in [2.24, 2.45) is 0 Å². The molecular weight excluding hydrogens is 373 g/mol. The molecule has 2 rings (SSSR count). The number of esters is 1. The summed E-state index contributed by atoms with van der Waals surface area (Å²) >= 11 is 5.66. The van der Waals surface area contributed by atoms with Gasteiger partial charge in [-0.25, -0.2) is 9.18 Å². The summed E-state index contributed by atoms with van der Waals surface area (Å²) in [6.45, 7) is 3.86. The normalized spacial score (nSPS) is 11.9. The van der Waals surface area contributed by atoms with Crippen molar-refractivity contribution >= 4 is 35.2 Å². The van der Waals surface area contributed by atoms with Crippen LogP contribution in [0.4, 0.5) is 10.1 Å². The predicted octanol–water partition coefficient (Wildman–Crippen LogP) is 4.46. The van der Waals surface area contributed by atoms with Crippen molar-refractivity contribution in [2.45, 2.75) is 20.0 Å². The summed E-state index contributed by atoms with van der Waals surface area (Å²) in [6.07, 6.45) is 1.67. The summed E-state index contributed by atoms with van der Waals surface area (Å²) in [7, 11) is 0. The number of nitrogens with one attached hydrogen (secondary N) is 1. The third-order valence-corrected chi connectivity index (χ3v) is 3.69.